The largest absolute Gasteiger partial charge is 0.332 e. The van der Waals surface area contributed by atoms with E-state index in [-0.39, 0.29) is 17.5 Å². The molecule has 2 rings (SSSR count). The van der Waals surface area contributed by atoms with E-state index in [4.69, 9.17) is 5.73 Å². The summed E-state index contributed by atoms with van der Waals surface area (Å²) in [5.74, 6) is 0.110. The van der Waals surface area contributed by atoms with Crippen molar-refractivity contribution in [3.8, 4) is 0 Å². The van der Waals surface area contributed by atoms with E-state index in [0.29, 0.717) is 6.54 Å². The second-order valence-corrected chi connectivity index (χ2v) is 6.44. The summed E-state index contributed by atoms with van der Waals surface area (Å²) in [6, 6.07) is 4.18. The van der Waals surface area contributed by atoms with Gasteiger partial charge in [0.05, 0.1) is 0 Å². The second kappa shape index (κ2) is 4.64. The Morgan fingerprint density at radius 2 is 1.79 bits per heavy atom. The monoisotopic (exact) mass is 260 g/mol. The lowest BCUT2D eigenvalue weighted by molar-refractivity contribution is 0.0650. The molecule has 19 heavy (non-hydrogen) atoms. The van der Waals surface area contributed by atoms with Crippen molar-refractivity contribution in [2.45, 2.75) is 52.6 Å². The fourth-order valence-electron chi connectivity index (χ4n) is 2.99. The molecule has 0 aromatic heterocycles. The van der Waals surface area contributed by atoms with Crippen LogP contribution >= 0.6 is 0 Å². The van der Waals surface area contributed by atoms with E-state index in [0.717, 1.165) is 23.1 Å². The number of carbonyl (C=O) groups is 1. The van der Waals surface area contributed by atoms with Gasteiger partial charge in [-0.1, -0.05) is 6.07 Å². The van der Waals surface area contributed by atoms with Crippen molar-refractivity contribution in [2.24, 2.45) is 5.73 Å². The van der Waals surface area contributed by atoms with Gasteiger partial charge < -0.3 is 10.6 Å². The summed E-state index contributed by atoms with van der Waals surface area (Å²) in [5.41, 5.74) is 10.1. The van der Waals surface area contributed by atoms with Crippen LogP contribution in [0.25, 0.3) is 0 Å². The molecule has 104 valence electrons. The first-order chi connectivity index (χ1) is 8.72. The summed E-state index contributed by atoms with van der Waals surface area (Å²) < 4.78 is 0. The van der Waals surface area contributed by atoms with Gasteiger partial charge in [-0.15, -0.1) is 0 Å². The van der Waals surface area contributed by atoms with E-state index in [1.807, 2.05) is 24.8 Å². The Kier molecular flexibility index (Phi) is 3.43. The van der Waals surface area contributed by atoms with Crippen molar-refractivity contribution in [3.05, 3.63) is 34.4 Å². The molecule has 3 heteroatoms. The standard InChI is InChI=1S/C16H24N2O/c1-10-6-12(3)14(7-11(10)2)15(19)18-9-13(17)8-16(18,4)5/h6-7,13H,8-9,17H2,1-5H3. The predicted molar refractivity (Wildman–Crippen MR) is 78.4 cm³/mol. The van der Waals surface area contributed by atoms with Crippen molar-refractivity contribution >= 4 is 5.91 Å². The molecule has 0 aliphatic carbocycles. The van der Waals surface area contributed by atoms with Gasteiger partial charge in [0.1, 0.15) is 0 Å². The fraction of sp³-hybridized carbons (Fsp3) is 0.562. The van der Waals surface area contributed by atoms with Crippen LogP contribution in [0.3, 0.4) is 0 Å². The molecular formula is C16H24N2O. The smallest absolute Gasteiger partial charge is 0.254 e. The van der Waals surface area contributed by atoms with Gasteiger partial charge in [-0.25, -0.2) is 0 Å². The summed E-state index contributed by atoms with van der Waals surface area (Å²) in [7, 11) is 0. The van der Waals surface area contributed by atoms with E-state index in [1.165, 1.54) is 5.56 Å². The Hall–Kier alpha value is -1.35. The van der Waals surface area contributed by atoms with E-state index < -0.39 is 0 Å². The lowest BCUT2D eigenvalue weighted by atomic mass is 9.97. The molecule has 1 aromatic rings. The summed E-state index contributed by atoms with van der Waals surface area (Å²) in [6.07, 6.45) is 0.864. The van der Waals surface area contributed by atoms with Crippen LogP contribution in [0.2, 0.25) is 0 Å². The molecule has 1 saturated heterocycles. The SMILES string of the molecule is Cc1cc(C)c(C(=O)N2CC(N)CC2(C)C)cc1C. The summed E-state index contributed by atoms with van der Waals surface area (Å²) in [5, 5.41) is 0. The molecule has 0 radical (unpaired) electrons. The number of nitrogens with two attached hydrogens (primary N) is 1. The Morgan fingerprint density at radius 3 is 2.32 bits per heavy atom. The Labute approximate surface area is 115 Å². The maximum Gasteiger partial charge on any atom is 0.254 e. The minimum atomic E-state index is -0.151. The van der Waals surface area contributed by atoms with Crippen LogP contribution in [-0.4, -0.2) is 28.9 Å². The summed E-state index contributed by atoms with van der Waals surface area (Å²) in [6.45, 7) is 11.0. The fourth-order valence-corrected chi connectivity index (χ4v) is 2.99. The van der Waals surface area contributed by atoms with Crippen LogP contribution in [0.15, 0.2) is 12.1 Å². The topological polar surface area (TPSA) is 46.3 Å². The third-order valence-electron chi connectivity index (χ3n) is 4.23. The summed E-state index contributed by atoms with van der Waals surface area (Å²) in [4.78, 5) is 14.7. The lowest BCUT2D eigenvalue weighted by Crippen LogP contribution is -2.43. The Bertz CT molecular complexity index is 520. The zero-order chi connectivity index (χ0) is 14.4. The zero-order valence-corrected chi connectivity index (χ0v) is 12.6. The highest BCUT2D eigenvalue weighted by Crippen LogP contribution is 2.30. The van der Waals surface area contributed by atoms with Crippen molar-refractivity contribution in [3.63, 3.8) is 0 Å². The van der Waals surface area contributed by atoms with Gasteiger partial charge in [0.25, 0.3) is 5.91 Å². The number of benzene rings is 1. The average Bonchev–Trinajstić information content (AvgIpc) is 2.56. The molecule has 1 heterocycles. The van der Waals surface area contributed by atoms with Crippen molar-refractivity contribution in [1.29, 1.82) is 0 Å². The van der Waals surface area contributed by atoms with Crippen molar-refractivity contribution < 1.29 is 4.79 Å². The number of nitrogens with zero attached hydrogens (tertiary/aromatic N) is 1. The molecule has 0 saturated carbocycles. The molecule has 3 nitrogen and oxygen atoms in total. The molecule has 1 unspecified atom stereocenters. The summed E-state index contributed by atoms with van der Waals surface area (Å²) >= 11 is 0. The Morgan fingerprint density at radius 1 is 1.21 bits per heavy atom. The molecule has 1 aliphatic rings. The van der Waals surface area contributed by atoms with Gasteiger partial charge >= 0.3 is 0 Å². The average molecular weight is 260 g/mol. The molecule has 1 fully saturated rings. The number of hydrogen-bond acceptors (Lipinski definition) is 2. The van der Waals surface area contributed by atoms with Crippen molar-refractivity contribution in [2.75, 3.05) is 6.54 Å². The first-order valence-corrected chi connectivity index (χ1v) is 6.88. The quantitative estimate of drug-likeness (QED) is 0.843. The highest BCUT2D eigenvalue weighted by atomic mass is 16.2. The highest BCUT2D eigenvalue weighted by Gasteiger charge is 2.40. The molecule has 0 spiro atoms. The molecule has 1 atom stereocenters. The molecule has 0 bridgehead atoms. The zero-order valence-electron chi connectivity index (χ0n) is 12.6. The van der Waals surface area contributed by atoms with Crippen molar-refractivity contribution in [1.82, 2.24) is 4.90 Å². The first kappa shape index (κ1) is 14.1. The number of carbonyl (C=O) groups excluding carboxylic acids is 1. The van der Waals surface area contributed by atoms with Gasteiger partial charge in [0.15, 0.2) is 0 Å². The van der Waals surface area contributed by atoms with Crippen LogP contribution in [0.4, 0.5) is 0 Å². The minimum absolute atomic E-state index is 0.0887. The number of likely N-dealkylation sites (tertiary alicyclic amines) is 1. The van der Waals surface area contributed by atoms with Gasteiger partial charge in [-0.3, -0.25) is 4.79 Å². The van der Waals surface area contributed by atoms with Crippen LogP contribution in [0.1, 0.15) is 47.3 Å². The molecule has 1 aromatic carbocycles. The van der Waals surface area contributed by atoms with E-state index in [2.05, 4.69) is 26.8 Å². The first-order valence-electron chi connectivity index (χ1n) is 6.88. The number of amides is 1. The lowest BCUT2D eigenvalue weighted by Gasteiger charge is -2.32. The maximum atomic E-state index is 12.8. The minimum Gasteiger partial charge on any atom is -0.332 e. The molecular weight excluding hydrogens is 236 g/mol. The maximum absolute atomic E-state index is 12.8. The van der Waals surface area contributed by atoms with Gasteiger partial charge in [0, 0.05) is 23.7 Å². The number of hydrogen-bond donors (Lipinski definition) is 1. The molecule has 1 amide bonds. The third-order valence-corrected chi connectivity index (χ3v) is 4.23. The van der Waals surface area contributed by atoms with Gasteiger partial charge in [-0.2, -0.15) is 0 Å². The predicted octanol–water partition coefficient (Wildman–Crippen LogP) is 2.56. The molecule has 2 N–H and O–H groups in total. The highest BCUT2D eigenvalue weighted by molar-refractivity contribution is 5.96. The van der Waals surface area contributed by atoms with Crippen LogP contribution < -0.4 is 5.73 Å². The normalized spacial score (nSPS) is 21.8. The van der Waals surface area contributed by atoms with Crippen LogP contribution in [0.5, 0.6) is 0 Å². The molecule has 1 aliphatic heterocycles. The van der Waals surface area contributed by atoms with Crippen LogP contribution in [-0.2, 0) is 0 Å². The number of rotatable bonds is 1. The van der Waals surface area contributed by atoms with Crippen LogP contribution in [0, 0.1) is 20.8 Å². The second-order valence-electron chi connectivity index (χ2n) is 6.44. The van der Waals surface area contributed by atoms with Gasteiger partial charge in [0.2, 0.25) is 0 Å². The number of aryl methyl sites for hydroxylation is 3. The van der Waals surface area contributed by atoms with E-state index >= 15 is 0 Å². The van der Waals surface area contributed by atoms with E-state index in [1.54, 1.807) is 0 Å². The van der Waals surface area contributed by atoms with Gasteiger partial charge in [-0.05, 0) is 63.8 Å². The Balaban J connectivity index is 2.38. The van der Waals surface area contributed by atoms with E-state index in [9.17, 15) is 4.79 Å². The third kappa shape index (κ3) is 2.52.